The summed E-state index contributed by atoms with van der Waals surface area (Å²) in [6.07, 6.45) is 0.106. The molecule has 164 valence electrons. The maximum atomic E-state index is 12.5. The fourth-order valence-corrected chi connectivity index (χ4v) is 3.39. The van der Waals surface area contributed by atoms with Crippen LogP contribution in [0, 0.1) is 0 Å². The standard InChI is InChI=1S/C26H25NO5/c28-20-8-6-18(7-9-20)12-13-27-16-21(29)17-31-22-10-11-23-24(30)15-25(32-26(23)14-22)19-4-2-1-3-5-19/h1-11,14-15,21,27-29H,12-13,16-17H2. The van der Waals surface area contributed by atoms with E-state index in [1.165, 1.54) is 6.07 Å². The molecule has 4 rings (SSSR count). The first-order valence-electron chi connectivity index (χ1n) is 10.5. The van der Waals surface area contributed by atoms with Crippen LogP contribution >= 0.6 is 0 Å². The maximum absolute atomic E-state index is 12.5. The normalized spacial score (nSPS) is 12.0. The van der Waals surface area contributed by atoms with Crippen molar-refractivity contribution in [2.75, 3.05) is 19.7 Å². The predicted octanol–water partition coefficient (Wildman–Crippen LogP) is 3.74. The molecule has 6 heteroatoms. The second-order valence-corrected chi connectivity index (χ2v) is 7.58. The van der Waals surface area contributed by atoms with Gasteiger partial charge in [-0.15, -0.1) is 0 Å². The maximum Gasteiger partial charge on any atom is 0.193 e. The van der Waals surface area contributed by atoms with E-state index in [0.717, 1.165) is 17.5 Å². The third-order valence-electron chi connectivity index (χ3n) is 5.11. The van der Waals surface area contributed by atoms with Gasteiger partial charge >= 0.3 is 0 Å². The monoisotopic (exact) mass is 431 g/mol. The molecule has 0 spiro atoms. The molecule has 0 aliphatic rings. The zero-order valence-electron chi connectivity index (χ0n) is 17.5. The average Bonchev–Trinajstić information content (AvgIpc) is 2.82. The molecule has 0 aliphatic heterocycles. The van der Waals surface area contributed by atoms with E-state index < -0.39 is 6.10 Å². The van der Waals surface area contributed by atoms with Gasteiger partial charge in [-0.1, -0.05) is 42.5 Å². The molecular weight excluding hydrogens is 406 g/mol. The van der Waals surface area contributed by atoms with Crippen molar-refractivity contribution in [3.05, 3.63) is 94.6 Å². The van der Waals surface area contributed by atoms with Crippen molar-refractivity contribution in [2.45, 2.75) is 12.5 Å². The van der Waals surface area contributed by atoms with E-state index in [0.29, 0.717) is 35.6 Å². The van der Waals surface area contributed by atoms with Crippen LogP contribution in [0.2, 0.25) is 0 Å². The summed E-state index contributed by atoms with van der Waals surface area (Å²) in [5.41, 5.74) is 2.25. The van der Waals surface area contributed by atoms with Gasteiger partial charge in [0.2, 0.25) is 0 Å². The van der Waals surface area contributed by atoms with Crippen LogP contribution in [-0.4, -0.2) is 36.0 Å². The first-order chi connectivity index (χ1) is 15.6. The number of aliphatic hydroxyl groups excluding tert-OH is 1. The summed E-state index contributed by atoms with van der Waals surface area (Å²) in [7, 11) is 0. The number of nitrogens with one attached hydrogen (secondary N) is 1. The highest BCUT2D eigenvalue weighted by molar-refractivity contribution is 5.80. The Kier molecular flexibility index (Phi) is 6.84. The van der Waals surface area contributed by atoms with Gasteiger partial charge in [0, 0.05) is 24.2 Å². The number of fused-ring (bicyclic) bond motifs is 1. The highest BCUT2D eigenvalue weighted by atomic mass is 16.5. The van der Waals surface area contributed by atoms with Gasteiger partial charge in [-0.25, -0.2) is 0 Å². The molecule has 4 aromatic rings. The minimum atomic E-state index is -0.687. The van der Waals surface area contributed by atoms with Crippen LogP contribution in [0.15, 0.2) is 88.1 Å². The summed E-state index contributed by atoms with van der Waals surface area (Å²) in [5, 5.41) is 23.2. The molecule has 1 atom stereocenters. The number of rotatable bonds is 9. The molecule has 0 amide bonds. The van der Waals surface area contributed by atoms with Gasteiger partial charge in [0.05, 0.1) is 5.39 Å². The van der Waals surface area contributed by atoms with E-state index in [1.54, 1.807) is 30.3 Å². The summed E-state index contributed by atoms with van der Waals surface area (Å²) in [6, 6.07) is 23.1. The molecule has 0 saturated carbocycles. The van der Waals surface area contributed by atoms with Crippen LogP contribution in [0.1, 0.15) is 5.56 Å². The van der Waals surface area contributed by atoms with Crippen molar-refractivity contribution < 1.29 is 19.4 Å². The van der Waals surface area contributed by atoms with Crippen molar-refractivity contribution in [1.82, 2.24) is 5.32 Å². The van der Waals surface area contributed by atoms with E-state index in [9.17, 15) is 15.0 Å². The topological polar surface area (TPSA) is 91.9 Å². The Bertz CT molecular complexity index is 1220. The zero-order valence-corrected chi connectivity index (χ0v) is 17.5. The van der Waals surface area contributed by atoms with Crippen LogP contribution < -0.4 is 15.5 Å². The Hall–Kier alpha value is -3.61. The van der Waals surface area contributed by atoms with Gasteiger partial charge in [0.1, 0.15) is 35.6 Å². The summed E-state index contributed by atoms with van der Waals surface area (Å²) in [4.78, 5) is 12.5. The van der Waals surface area contributed by atoms with E-state index in [2.05, 4.69) is 5.32 Å². The number of ether oxygens (including phenoxy) is 1. The number of hydrogen-bond acceptors (Lipinski definition) is 6. The molecule has 32 heavy (non-hydrogen) atoms. The molecule has 0 bridgehead atoms. The Balaban J connectivity index is 1.32. The number of aromatic hydroxyl groups is 1. The van der Waals surface area contributed by atoms with E-state index in [-0.39, 0.29) is 17.8 Å². The lowest BCUT2D eigenvalue weighted by Gasteiger charge is -2.14. The molecule has 1 unspecified atom stereocenters. The van der Waals surface area contributed by atoms with Gasteiger partial charge in [0.25, 0.3) is 0 Å². The van der Waals surface area contributed by atoms with Crippen molar-refractivity contribution in [2.24, 2.45) is 0 Å². The van der Waals surface area contributed by atoms with Gasteiger partial charge in [0.15, 0.2) is 5.43 Å². The molecule has 1 heterocycles. The minimum absolute atomic E-state index is 0.111. The average molecular weight is 431 g/mol. The first-order valence-corrected chi connectivity index (χ1v) is 10.5. The third kappa shape index (κ3) is 5.55. The van der Waals surface area contributed by atoms with E-state index >= 15 is 0 Å². The molecule has 0 fully saturated rings. The van der Waals surface area contributed by atoms with Crippen LogP contribution in [0.4, 0.5) is 0 Å². The summed E-state index contributed by atoms with van der Waals surface area (Å²) >= 11 is 0. The summed E-state index contributed by atoms with van der Waals surface area (Å²) < 4.78 is 11.6. The zero-order chi connectivity index (χ0) is 22.3. The highest BCUT2D eigenvalue weighted by Gasteiger charge is 2.10. The molecule has 3 N–H and O–H groups in total. The van der Waals surface area contributed by atoms with Crippen molar-refractivity contribution in [3.8, 4) is 22.8 Å². The lowest BCUT2D eigenvalue weighted by atomic mass is 10.1. The first kappa shape index (κ1) is 21.6. The van der Waals surface area contributed by atoms with Crippen molar-refractivity contribution in [3.63, 3.8) is 0 Å². The molecule has 0 aliphatic carbocycles. The number of hydrogen-bond donors (Lipinski definition) is 3. The fraction of sp³-hybridized carbons (Fsp3) is 0.192. The largest absolute Gasteiger partial charge is 0.508 e. The smallest absolute Gasteiger partial charge is 0.193 e. The second kappa shape index (κ2) is 10.1. The van der Waals surface area contributed by atoms with Crippen LogP contribution in [0.25, 0.3) is 22.3 Å². The Labute approximate surface area is 185 Å². The predicted molar refractivity (Wildman–Crippen MR) is 124 cm³/mol. The quantitative estimate of drug-likeness (QED) is 0.350. The number of benzene rings is 3. The van der Waals surface area contributed by atoms with Crippen LogP contribution in [0.3, 0.4) is 0 Å². The second-order valence-electron chi connectivity index (χ2n) is 7.58. The Morgan fingerprint density at radius 3 is 2.53 bits per heavy atom. The summed E-state index contributed by atoms with van der Waals surface area (Å²) in [6.45, 7) is 1.20. The van der Waals surface area contributed by atoms with E-state index in [1.807, 2.05) is 42.5 Å². The molecule has 3 aromatic carbocycles. The van der Waals surface area contributed by atoms with Gasteiger partial charge in [-0.05, 0) is 42.8 Å². The lowest BCUT2D eigenvalue weighted by molar-refractivity contribution is 0.106. The number of phenols is 1. The Morgan fingerprint density at radius 2 is 1.75 bits per heavy atom. The van der Waals surface area contributed by atoms with E-state index in [4.69, 9.17) is 9.15 Å². The highest BCUT2D eigenvalue weighted by Crippen LogP contribution is 2.24. The van der Waals surface area contributed by atoms with Crippen LogP contribution in [0.5, 0.6) is 11.5 Å². The molecular formula is C26H25NO5. The Morgan fingerprint density at radius 1 is 0.969 bits per heavy atom. The van der Waals surface area contributed by atoms with Gasteiger partial charge in [-0.3, -0.25) is 4.79 Å². The fourth-order valence-electron chi connectivity index (χ4n) is 3.39. The molecule has 6 nitrogen and oxygen atoms in total. The lowest BCUT2D eigenvalue weighted by Crippen LogP contribution is -2.32. The molecule has 1 aromatic heterocycles. The van der Waals surface area contributed by atoms with Crippen LogP contribution in [-0.2, 0) is 6.42 Å². The van der Waals surface area contributed by atoms with Crippen molar-refractivity contribution in [1.29, 1.82) is 0 Å². The minimum Gasteiger partial charge on any atom is -0.508 e. The van der Waals surface area contributed by atoms with Crippen molar-refractivity contribution >= 4 is 11.0 Å². The molecule has 0 saturated heterocycles. The van der Waals surface area contributed by atoms with Gasteiger partial charge < -0.3 is 24.7 Å². The molecule has 0 radical (unpaired) electrons. The third-order valence-corrected chi connectivity index (χ3v) is 5.11. The summed E-state index contributed by atoms with van der Waals surface area (Å²) in [5.74, 6) is 1.27. The number of aliphatic hydroxyl groups is 1. The SMILES string of the molecule is O=c1cc(-c2ccccc2)oc2cc(OCC(O)CNCCc3ccc(O)cc3)ccc12. The van der Waals surface area contributed by atoms with Gasteiger partial charge in [-0.2, -0.15) is 0 Å². The number of phenolic OH excluding ortho intramolecular Hbond substituents is 1.